The van der Waals surface area contributed by atoms with Crippen molar-refractivity contribution in [2.45, 2.75) is 27.7 Å². The molecule has 0 atom stereocenters. The van der Waals surface area contributed by atoms with Gasteiger partial charge in [0.1, 0.15) is 5.00 Å². The first-order valence-corrected chi connectivity index (χ1v) is 12.1. The van der Waals surface area contributed by atoms with Crippen molar-refractivity contribution in [1.82, 2.24) is 15.5 Å². The lowest BCUT2D eigenvalue weighted by atomic mass is 10.1. The normalized spacial score (nSPS) is 11.0. The molecule has 0 unspecified atom stereocenters. The van der Waals surface area contributed by atoms with Crippen LogP contribution in [0.4, 0.5) is 5.00 Å². The van der Waals surface area contributed by atoms with Crippen LogP contribution in [0.3, 0.4) is 0 Å². The van der Waals surface area contributed by atoms with Crippen molar-refractivity contribution in [3.8, 4) is 10.6 Å². The van der Waals surface area contributed by atoms with Gasteiger partial charge in [0.25, 0.3) is 17.5 Å². The molecular formula is C23H22N4O5S2. The number of esters is 1. The number of thiophene rings is 2. The molecule has 0 bridgehead atoms. The van der Waals surface area contributed by atoms with E-state index in [1.54, 1.807) is 38.2 Å². The quantitative estimate of drug-likeness (QED) is 0.369. The highest BCUT2D eigenvalue weighted by molar-refractivity contribution is 7.18. The van der Waals surface area contributed by atoms with Gasteiger partial charge in [-0.25, -0.2) is 9.78 Å². The van der Waals surface area contributed by atoms with Crippen LogP contribution in [0.25, 0.3) is 21.7 Å². The molecule has 2 amide bonds. The Morgan fingerprint density at radius 1 is 1.12 bits per heavy atom. The minimum Gasteiger partial charge on any atom is -0.462 e. The van der Waals surface area contributed by atoms with Gasteiger partial charge in [0.15, 0.2) is 0 Å². The third-order valence-corrected chi connectivity index (χ3v) is 7.37. The van der Waals surface area contributed by atoms with Gasteiger partial charge in [0.2, 0.25) is 0 Å². The lowest BCUT2D eigenvalue weighted by molar-refractivity contribution is 0.0527. The molecule has 176 valence electrons. The maximum Gasteiger partial charge on any atom is 0.341 e. The van der Waals surface area contributed by atoms with E-state index in [1.807, 2.05) is 19.1 Å². The summed E-state index contributed by atoms with van der Waals surface area (Å²) < 4.78 is 10.5. The summed E-state index contributed by atoms with van der Waals surface area (Å²) in [6.07, 6.45) is 0. The third-order valence-electron chi connectivity index (χ3n) is 5.14. The summed E-state index contributed by atoms with van der Waals surface area (Å²) in [5.41, 5.74) is 2.22. The standard InChI is InChI=1S/C23H22N4O5S2/c1-6-31-23(30)16-11(3)18(20(29)24-5)34-22(16)26-19(28)13-9-14(15-8-7-10(2)33-15)25-21-17(13)12(4)27-32-21/h7-9H,6H2,1-5H3,(H,24,29)(H,26,28). The van der Waals surface area contributed by atoms with E-state index in [-0.39, 0.29) is 28.8 Å². The molecule has 4 heterocycles. The van der Waals surface area contributed by atoms with Gasteiger partial charge < -0.3 is 19.9 Å². The number of carbonyl (C=O) groups excluding carboxylic acids is 3. The molecule has 0 aliphatic heterocycles. The van der Waals surface area contributed by atoms with Gasteiger partial charge in [0, 0.05) is 11.9 Å². The first-order valence-electron chi connectivity index (χ1n) is 10.4. The lowest BCUT2D eigenvalue weighted by Crippen LogP contribution is -2.18. The van der Waals surface area contributed by atoms with E-state index < -0.39 is 11.9 Å². The number of nitrogens with zero attached hydrogens (tertiary/aromatic N) is 2. The molecule has 0 aromatic carbocycles. The van der Waals surface area contributed by atoms with Crippen molar-refractivity contribution in [3.63, 3.8) is 0 Å². The van der Waals surface area contributed by atoms with Crippen molar-refractivity contribution in [3.05, 3.63) is 50.3 Å². The van der Waals surface area contributed by atoms with E-state index in [0.717, 1.165) is 21.1 Å². The molecule has 4 aromatic heterocycles. The summed E-state index contributed by atoms with van der Waals surface area (Å²) in [7, 11) is 1.50. The Hall–Kier alpha value is -3.57. The number of rotatable bonds is 6. The average Bonchev–Trinajstić information content (AvgIpc) is 3.50. The van der Waals surface area contributed by atoms with Crippen molar-refractivity contribution >= 4 is 56.6 Å². The van der Waals surface area contributed by atoms with Crippen molar-refractivity contribution < 1.29 is 23.6 Å². The van der Waals surface area contributed by atoms with Gasteiger partial charge in [-0.1, -0.05) is 5.16 Å². The topological polar surface area (TPSA) is 123 Å². The van der Waals surface area contributed by atoms with Gasteiger partial charge in [-0.2, -0.15) is 0 Å². The Morgan fingerprint density at radius 3 is 2.53 bits per heavy atom. The minimum absolute atomic E-state index is 0.153. The van der Waals surface area contributed by atoms with E-state index in [2.05, 4.69) is 20.8 Å². The maximum absolute atomic E-state index is 13.5. The molecule has 0 aliphatic carbocycles. The van der Waals surface area contributed by atoms with Crippen LogP contribution in [0, 0.1) is 20.8 Å². The second-order valence-corrected chi connectivity index (χ2v) is 9.74. The van der Waals surface area contributed by atoms with Crippen LogP contribution in [0.1, 0.15) is 53.4 Å². The highest BCUT2D eigenvalue weighted by Gasteiger charge is 2.28. The molecule has 0 radical (unpaired) electrons. The Bertz CT molecular complexity index is 1430. The van der Waals surface area contributed by atoms with Gasteiger partial charge in [-0.15, -0.1) is 22.7 Å². The smallest absolute Gasteiger partial charge is 0.341 e. The van der Waals surface area contributed by atoms with Crippen LogP contribution in [-0.2, 0) is 4.74 Å². The minimum atomic E-state index is -0.613. The molecule has 0 aliphatic rings. The monoisotopic (exact) mass is 498 g/mol. The largest absolute Gasteiger partial charge is 0.462 e. The summed E-state index contributed by atoms with van der Waals surface area (Å²) in [4.78, 5) is 45.3. The molecular weight excluding hydrogens is 476 g/mol. The fourth-order valence-corrected chi connectivity index (χ4v) is 5.49. The number of aryl methyl sites for hydroxylation is 2. The van der Waals surface area contributed by atoms with Crippen LogP contribution < -0.4 is 10.6 Å². The van der Waals surface area contributed by atoms with Crippen LogP contribution in [-0.4, -0.2) is 41.6 Å². The van der Waals surface area contributed by atoms with Crippen LogP contribution in [0.2, 0.25) is 0 Å². The van der Waals surface area contributed by atoms with Gasteiger partial charge in [-0.05, 0) is 51.5 Å². The summed E-state index contributed by atoms with van der Waals surface area (Å²) in [5.74, 6) is -1.45. The Labute approximate surface area is 203 Å². The summed E-state index contributed by atoms with van der Waals surface area (Å²) in [6, 6.07) is 5.57. The molecule has 4 aromatic rings. The Balaban J connectivity index is 1.81. The Morgan fingerprint density at radius 2 is 1.88 bits per heavy atom. The predicted molar refractivity (Wildman–Crippen MR) is 131 cm³/mol. The zero-order chi connectivity index (χ0) is 24.6. The first-order chi connectivity index (χ1) is 16.2. The van der Waals surface area contributed by atoms with Gasteiger partial charge >= 0.3 is 5.97 Å². The second kappa shape index (κ2) is 9.35. The first kappa shape index (κ1) is 23.6. The summed E-state index contributed by atoms with van der Waals surface area (Å²) in [5, 5.41) is 10.0. The number of carbonyl (C=O) groups is 3. The molecule has 0 saturated carbocycles. The fraction of sp³-hybridized carbons (Fsp3) is 0.261. The number of ether oxygens (including phenoxy) is 1. The number of hydrogen-bond donors (Lipinski definition) is 2. The molecule has 2 N–H and O–H groups in total. The second-order valence-electron chi connectivity index (χ2n) is 7.43. The fourth-order valence-electron chi connectivity index (χ4n) is 3.52. The predicted octanol–water partition coefficient (Wildman–Crippen LogP) is 4.73. The van der Waals surface area contributed by atoms with Crippen molar-refractivity contribution in [2.24, 2.45) is 0 Å². The molecule has 9 nitrogen and oxygen atoms in total. The molecule has 0 spiro atoms. The molecule has 0 fully saturated rings. The van der Waals surface area contributed by atoms with Crippen LogP contribution >= 0.6 is 22.7 Å². The van der Waals surface area contributed by atoms with Crippen LogP contribution in [0.5, 0.6) is 0 Å². The van der Waals surface area contributed by atoms with E-state index >= 15 is 0 Å². The summed E-state index contributed by atoms with van der Waals surface area (Å²) >= 11 is 2.56. The van der Waals surface area contributed by atoms with E-state index in [0.29, 0.717) is 32.8 Å². The Kier molecular flexibility index (Phi) is 6.49. The SMILES string of the molecule is CCOC(=O)c1c(NC(=O)c2cc(-c3ccc(C)s3)nc3onc(C)c23)sc(C(=O)NC)c1C. The number of pyridine rings is 1. The number of anilines is 1. The summed E-state index contributed by atoms with van der Waals surface area (Å²) in [6.45, 7) is 7.20. The molecule has 0 saturated heterocycles. The van der Waals surface area contributed by atoms with E-state index in [9.17, 15) is 14.4 Å². The number of hydrogen-bond acceptors (Lipinski definition) is 9. The molecule has 11 heteroatoms. The van der Waals surface area contributed by atoms with E-state index in [1.165, 1.54) is 7.05 Å². The van der Waals surface area contributed by atoms with Crippen molar-refractivity contribution in [1.29, 1.82) is 0 Å². The zero-order valence-electron chi connectivity index (χ0n) is 19.2. The molecule has 34 heavy (non-hydrogen) atoms. The van der Waals surface area contributed by atoms with Crippen molar-refractivity contribution in [2.75, 3.05) is 19.0 Å². The number of aromatic nitrogens is 2. The molecule has 4 rings (SSSR count). The zero-order valence-corrected chi connectivity index (χ0v) is 20.8. The van der Waals surface area contributed by atoms with E-state index in [4.69, 9.17) is 9.26 Å². The van der Waals surface area contributed by atoms with Gasteiger partial charge in [-0.3, -0.25) is 9.59 Å². The maximum atomic E-state index is 13.5. The third kappa shape index (κ3) is 4.19. The average molecular weight is 499 g/mol. The number of amides is 2. The lowest BCUT2D eigenvalue weighted by Gasteiger charge is -2.09. The highest BCUT2D eigenvalue weighted by Crippen LogP contribution is 2.36. The van der Waals surface area contributed by atoms with Crippen LogP contribution in [0.15, 0.2) is 22.7 Å². The number of fused-ring (bicyclic) bond motifs is 1. The highest BCUT2D eigenvalue weighted by atomic mass is 32.1. The van der Waals surface area contributed by atoms with Gasteiger partial charge in [0.05, 0.1) is 44.3 Å². The number of nitrogens with one attached hydrogen (secondary N) is 2.